The molecule has 1 fully saturated rings. The largest absolute Gasteiger partial charge is 0.487 e. The molecule has 0 saturated carbocycles. The summed E-state index contributed by atoms with van der Waals surface area (Å²) in [6, 6.07) is 5.54. The summed E-state index contributed by atoms with van der Waals surface area (Å²) in [5.74, 6) is 0.227. The Balaban J connectivity index is 1.56. The van der Waals surface area contributed by atoms with Crippen LogP contribution in [0.1, 0.15) is 30.0 Å². The summed E-state index contributed by atoms with van der Waals surface area (Å²) in [7, 11) is 0. The van der Waals surface area contributed by atoms with Gasteiger partial charge in [-0.25, -0.2) is 15.0 Å². The molecular weight excluding hydrogens is 410 g/mol. The summed E-state index contributed by atoms with van der Waals surface area (Å²) in [6.45, 7) is 5.26. The number of amidine groups is 1. The normalized spacial score (nSPS) is 25.0. The Morgan fingerprint density at radius 3 is 2.53 bits per heavy atom. The van der Waals surface area contributed by atoms with Crippen molar-refractivity contribution in [3.05, 3.63) is 47.0 Å². The topological polar surface area (TPSA) is 121 Å². The zero-order chi connectivity index (χ0) is 21.1. The van der Waals surface area contributed by atoms with Crippen LogP contribution in [0.5, 0.6) is 5.75 Å². The summed E-state index contributed by atoms with van der Waals surface area (Å²) < 4.78 is 17.6. The van der Waals surface area contributed by atoms with Crippen molar-refractivity contribution in [3.8, 4) is 5.75 Å². The molecular formula is C20H20ClN5O4. The van der Waals surface area contributed by atoms with Crippen molar-refractivity contribution in [2.75, 3.05) is 25.1 Å². The number of aliphatic imine (C=N–C) groups is 1. The first-order chi connectivity index (χ1) is 14.3. The molecule has 1 amide bonds. The Morgan fingerprint density at radius 1 is 1.20 bits per heavy atom. The van der Waals surface area contributed by atoms with Crippen molar-refractivity contribution in [1.29, 1.82) is 0 Å². The van der Waals surface area contributed by atoms with Crippen LogP contribution >= 0.6 is 11.6 Å². The first-order valence-corrected chi connectivity index (χ1v) is 9.83. The molecule has 2 spiro atoms. The van der Waals surface area contributed by atoms with Crippen LogP contribution in [0.3, 0.4) is 0 Å². The summed E-state index contributed by atoms with van der Waals surface area (Å²) in [4.78, 5) is 25.2. The molecule has 2 aromatic rings. The van der Waals surface area contributed by atoms with Crippen molar-refractivity contribution in [3.63, 3.8) is 0 Å². The fourth-order valence-corrected chi connectivity index (χ4v) is 4.57. The SMILES string of the molecule is CC1(C)Oc2ccc(NC(=O)c3ncc(Cl)cn3)cc2C2(COC(N)=N2)C12COC2. The third-order valence-corrected chi connectivity index (χ3v) is 6.44. The van der Waals surface area contributed by atoms with Crippen molar-refractivity contribution >= 4 is 29.2 Å². The molecule has 3 N–H and O–H groups in total. The molecule has 5 rings (SSSR count). The highest BCUT2D eigenvalue weighted by atomic mass is 35.5. The molecule has 1 saturated heterocycles. The first-order valence-electron chi connectivity index (χ1n) is 9.45. The molecule has 1 atom stereocenters. The molecule has 3 aliphatic rings. The molecule has 0 radical (unpaired) electrons. The number of nitrogens with zero attached hydrogens (tertiary/aromatic N) is 3. The van der Waals surface area contributed by atoms with Crippen LogP contribution in [0.25, 0.3) is 0 Å². The van der Waals surface area contributed by atoms with E-state index in [1.165, 1.54) is 12.4 Å². The quantitative estimate of drug-likeness (QED) is 0.749. The average molecular weight is 430 g/mol. The van der Waals surface area contributed by atoms with E-state index in [0.717, 1.165) is 5.56 Å². The van der Waals surface area contributed by atoms with E-state index < -0.39 is 22.5 Å². The van der Waals surface area contributed by atoms with Gasteiger partial charge in [-0.2, -0.15) is 0 Å². The molecule has 1 aromatic heterocycles. The Bertz CT molecular complexity index is 1070. The van der Waals surface area contributed by atoms with E-state index >= 15 is 0 Å². The lowest BCUT2D eigenvalue weighted by atomic mass is 9.55. The molecule has 1 unspecified atom stereocenters. The Labute approximate surface area is 177 Å². The zero-order valence-corrected chi connectivity index (χ0v) is 17.2. The number of anilines is 1. The lowest BCUT2D eigenvalue weighted by Gasteiger charge is -2.61. The highest BCUT2D eigenvalue weighted by molar-refractivity contribution is 6.30. The highest BCUT2D eigenvalue weighted by Crippen LogP contribution is 2.62. The van der Waals surface area contributed by atoms with E-state index in [9.17, 15) is 4.79 Å². The van der Waals surface area contributed by atoms with Crippen LogP contribution in [0.15, 0.2) is 35.6 Å². The van der Waals surface area contributed by atoms with E-state index in [0.29, 0.717) is 29.7 Å². The van der Waals surface area contributed by atoms with Gasteiger partial charge in [-0.1, -0.05) is 11.6 Å². The Hall–Kier alpha value is -2.91. The van der Waals surface area contributed by atoms with Crippen LogP contribution in [0.2, 0.25) is 5.02 Å². The van der Waals surface area contributed by atoms with Crippen molar-refractivity contribution in [1.82, 2.24) is 9.97 Å². The number of nitrogens with two attached hydrogens (primary N) is 1. The minimum atomic E-state index is -0.774. The molecule has 10 heteroatoms. The number of amides is 1. The van der Waals surface area contributed by atoms with E-state index in [2.05, 4.69) is 15.3 Å². The van der Waals surface area contributed by atoms with E-state index in [-0.39, 0.29) is 18.5 Å². The molecule has 4 heterocycles. The second-order valence-electron chi connectivity index (χ2n) is 8.18. The number of hydrogen-bond donors (Lipinski definition) is 2. The second-order valence-corrected chi connectivity index (χ2v) is 8.61. The van der Waals surface area contributed by atoms with Gasteiger partial charge in [0.2, 0.25) is 5.82 Å². The van der Waals surface area contributed by atoms with Gasteiger partial charge in [-0.3, -0.25) is 4.79 Å². The van der Waals surface area contributed by atoms with Crippen LogP contribution in [0.4, 0.5) is 5.69 Å². The predicted octanol–water partition coefficient (Wildman–Crippen LogP) is 2.11. The zero-order valence-electron chi connectivity index (χ0n) is 16.4. The highest BCUT2D eigenvalue weighted by Gasteiger charge is 2.71. The number of ether oxygens (including phenoxy) is 3. The molecule has 156 valence electrons. The number of nitrogens with one attached hydrogen (secondary N) is 1. The van der Waals surface area contributed by atoms with Gasteiger partial charge in [0.05, 0.1) is 23.7 Å². The number of fused-ring (bicyclic) bond motifs is 3. The molecule has 30 heavy (non-hydrogen) atoms. The number of benzene rings is 1. The van der Waals surface area contributed by atoms with Gasteiger partial charge in [0, 0.05) is 23.6 Å². The van der Waals surface area contributed by atoms with Crippen molar-refractivity contribution < 1.29 is 19.0 Å². The number of hydrogen-bond acceptors (Lipinski definition) is 8. The number of halogens is 1. The number of rotatable bonds is 2. The second kappa shape index (κ2) is 6.29. The van der Waals surface area contributed by atoms with Crippen molar-refractivity contribution in [2.45, 2.75) is 25.0 Å². The lowest BCUT2D eigenvalue weighted by molar-refractivity contribution is -0.247. The molecule has 0 aliphatic carbocycles. The minimum absolute atomic E-state index is 0.0135. The van der Waals surface area contributed by atoms with Crippen LogP contribution in [0, 0.1) is 5.41 Å². The molecule has 9 nitrogen and oxygen atoms in total. The number of carbonyl (C=O) groups excluding carboxylic acids is 1. The Kier molecular flexibility index (Phi) is 4.00. The van der Waals surface area contributed by atoms with Gasteiger partial charge >= 0.3 is 0 Å². The smallest absolute Gasteiger partial charge is 0.293 e. The van der Waals surface area contributed by atoms with E-state index in [1.54, 1.807) is 6.07 Å². The number of carbonyl (C=O) groups is 1. The Morgan fingerprint density at radius 2 is 1.93 bits per heavy atom. The van der Waals surface area contributed by atoms with Crippen LogP contribution in [-0.4, -0.2) is 47.3 Å². The third-order valence-electron chi connectivity index (χ3n) is 6.24. The van der Waals surface area contributed by atoms with Crippen LogP contribution in [-0.2, 0) is 15.0 Å². The summed E-state index contributed by atoms with van der Waals surface area (Å²) in [6.07, 6.45) is 2.74. The predicted molar refractivity (Wildman–Crippen MR) is 109 cm³/mol. The molecule has 0 bridgehead atoms. The summed E-state index contributed by atoms with van der Waals surface area (Å²) >= 11 is 5.79. The van der Waals surface area contributed by atoms with Gasteiger partial charge < -0.3 is 25.3 Å². The van der Waals surface area contributed by atoms with Crippen LogP contribution < -0.4 is 15.8 Å². The standard InChI is InChI=1S/C20H20ClN5O4/c1-18(2)19(8-28-9-19)20(10-29-17(22)26-20)13-5-12(3-4-14(13)30-18)25-16(27)15-23-6-11(21)7-24-15/h3-7H,8-10H2,1-2H3,(H2,22,26)(H,25,27). The van der Waals surface area contributed by atoms with E-state index in [4.69, 9.17) is 36.5 Å². The van der Waals surface area contributed by atoms with Gasteiger partial charge in [-0.15, -0.1) is 0 Å². The summed E-state index contributed by atoms with van der Waals surface area (Å²) in [5, 5.41) is 3.17. The first kappa shape index (κ1) is 19.1. The fourth-order valence-electron chi connectivity index (χ4n) is 4.47. The lowest BCUT2D eigenvalue weighted by Crippen LogP contribution is -2.71. The van der Waals surface area contributed by atoms with Gasteiger partial charge in [-0.05, 0) is 32.0 Å². The van der Waals surface area contributed by atoms with Gasteiger partial charge in [0.25, 0.3) is 11.9 Å². The average Bonchev–Trinajstić information content (AvgIpc) is 3.03. The molecule has 1 aromatic carbocycles. The number of aromatic nitrogens is 2. The van der Waals surface area contributed by atoms with E-state index in [1.807, 2.05) is 26.0 Å². The minimum Gasteiger partial charge on any atom is -0.487 e. The maximum atomic E-state index is 12.6. The monoisotopic (exact) mass is 429 g/mol. The molecule has 3 aliphatic heterocycles. The van der Waals surface area contributed by atoms with Gasteiger partial charge in [0.15, 0.2) is 0 Å². The summed E-state index contributed by atoms with van der Waals surface area (Å²) in [5.41, 5.74) is 5.51. The van der Waals surface area contributed by atoms with Crippen molar-refractivity contribution in [2.24, 2.45) is 16.1 Å². The van der Waals surface area contributed by atoms with Gasteiger partial charge in [0.1, 0.15) is 23.5 Å². The third kappa shape index (κ3) is 2.51. The fraction of sp³-hybridized carbons (Fsp3) is 0.400. The maximum Gasteiger partial charge on any atom is 0.293 e. The maximum absolute atomic E-state index is 12.6.